The largest absolute Gasteiger partial charge is 0.349 e. The highest BCUT2D eigenvalue weighted by Gasteiger charge is 2.25. The van der Waals surface area contributed by atoms with Gasteiger partial charge in [-0.05, 0) is 54.7 Å². The molecule has 1 heterocycles. The van der Waals surface area contributed by atoms with Crippen LogP contribution in [0.3, 0.4) is 0 Å². The third kappa shape index (κ3) is 4.51. The van der Waals surface area contributed by atoms with Crippen LogP contribution in [0.2, 0.25) is 5.02 Å². The molecule has 4 rings (SSSR count). The van der Waals surface area contributed by atoms with Crippen molar-refractivity contribution >= 4 is 46.9 Å². The van der Waals surface area contributed by atoms with Gasteiger partial charge < -0.3 is 10.6 Å². The second kappa shape index (κ2) is 8.64. The van der Waals surface area contributed by atoms with Crippen molar-refractivity contribution in [3.8, 4) is 0 Å². The van der Waals surface area contributed by atoms with Gasteiger partial charge >= 0.3 is 0 Å². The van der Waals surface area contributed by atoms with E-state index in [4.69, 9.17) is 11.6 Å². The van der Waals surface area contributed by atoms with E-state index in [1.165, 1.54) is 18.2 Å². The molecular formula is C23H23ClN2O2S. The molecule has 0 bridgehead atoms. The summed E-state index contributed by atoms with van der Waals surface area (Å²) >= 11 is 7.59. The minimum atomic E-state index is -0.194. The lowest BCUT2D eigenvalue weighted by Crippen LogP contribution is -2.41. The maximum atomic E-state index is 12.7. The summed E-state index contributed by atoms with van der Waals surface area (Å²) in [7, 11) is 0. The molecule has 2 aromatic carbocycles. The highest BCUT2D eigenvalue weighted by Crippen LogP contribution is 2.40. The second-order valence-electron chi connectivity index (χ2n) is 7.64. The van der Waals surface area contributed by atoms with Crippen LogP contribution in [0.5, 0.6) is 0 Å². The van der Waals surface area contributed by atoms with Gasteiger partial charge in [-0.25, -0.2) is 0 Å². The van der Waals surface area contributed by atoms with E-state index in [1.807, 2.05) is 30.3 Å². The molecule has 2 aromatic rings. The van der Waals surface area contributed by atoms with Crippen LogP contribution in [0.1, 0.15) is 48.5 Å². The Balaban J connectivity index is 1.52. The second-order valence-corrected chi connectivity index (χ2v) is 9.13. The van der Waals surface area contributed by atoms with Gasteiger partial charge in [0.15, 0.2) is 0 Å². The molecule has 2 N–H and O–H groups in total. The van der Waals surface area contributed by atoms with E-state index in [0.29, 0.717) is 27.1 Å². The monoisotopic (exact) mass is 426 g/mol. The van der Waals surface area contributed by atoms with Gasteiger partial charge in [0.1, 0.15) is 0 Å². The number of carbonyl (C=O) groups is 2. The molecule has 150 valence electrons. The fourth-order valence-electron chi connectivity index (χ4n) is 3.82. The molecule has 2 atom stereocenters. The van der Waals surface area contributed by atoms with E-state index >= 15 is 0 Å². The number of carbonyl (C=O) groups excluding carboxylic acids is 2. The molecule has 0 unspecified atom stereocenters. The van der Waals surface area contributed by atoms with E-state index in [2.05, 4.69) is 17.6 Å². The molecule has 0 radical (unpaired) electrons. The lowest BCUT2D eigenvalue weighted by Gasteiger charge is -2.29. The zero-order valence-corrected chi connectivity index (χ0v) is 17.8. The normalized spacial score (nSPS) is 22.7. The summed E-state index contributed by atoms with van der Waals surface area (Å²) in [5.74, 6) is 0.224. The molecule has 0 aromatic heterocycles. The van der Waals surface area contributed by atoms with E-state index in [0.717, 1.165) is 29.7 Å². The zero-order valence-electron chi connectivity index (χ0n) is 16.2. The summed E-state index contributed by atoms with van der Waals surface area (Å²) in [6.45, 7) is 2.20. The van der Waals surface area contributed by atoms with Crippen LogP contribution in [0.4, 0.5) is 5.69 Å². The van der Waals surface area contributed by atoms with Crippen LogP contribution < -0.4 is 10.6 Å². The average molecular weight is 427 g/mol. The molecule has 4 nitrogen and oxygen atoms in total. The number of hydrogen-bond donors (Lipinski definition) is 2. The van der Waals surface area contributed by atoms with Gasteiger partial charge in [0.25, 0.3) is 11.8 Å². The maximum absolute atomic E-state index is 12.7. The number of thioether (sulfide) groups is 1. The molecule has 1 fully saturated rings. The highest BCUT2D eigenvalue weighted by molar-refractivity contribution is 8.04. The number of nitrogens with one attached hydrogen (secondary N) is 2. The Bertz CT molecular complexity index is 989. The van der Waals surface area contributed by atoms with Crippen LogP contribution in [-0.4, -0.2) is 17.9 Å². The fraction of sp³-hybridized carbons (Fsp3) is 0.304. The van der Waals surface area contributed by atoms with Gasteiger partial charge in [-0.3, -0.25) is 9.59 Å². The molecule has 1 saturated carbocycles. The van der Waals surface area contributed by atoms with E-state index < -0.39 is 0 Å². The molecule has 2 amide bonds. The topological polar surface area (TPSA) is 58.2 Å². The third-order valence-corrected chi connectivity index (χ3v) is 7.00. The lowest BCUT2D eigenvalue weighted by molar-refractivity contribution is -0.112. The molecular weight excluding hydrogens is 404 g/mol. The lowest BCUT2D eigenvalue weighted by atomic mass is 9.86. The first kappa shape index (κ1) is 20.0. The first-order chi connectivity index (χ1) is 14.0. The maximum Gasteiger partial charge on any atom is 0.262 e. The van der Waals surface area contributed by atoms with Crippen molar-refractivity contribution in [2.45, 2.75) is 43.5 Å². The highest BCUT2D eigenvalue weighted by atomic mass is 35.5. The minimum absolute atomic E-state index is 0.0804. The average Bonchev–Trinajstić information content (AvgIpc) is 2.71. The summed E-state index contributed by atoms with van der Waals surface area (Å²) in [6, 6.07) is 13.1. The van der Waals surface area contributed by atoms with Crippen molar-refractivity contribution in [2.24, 2.45) is 5.92 Å². The molecule has 0 saturated heterocycles. The molecule has 0 spiro atoms. The van der Waals surface area contributed by atoms with Gasteiger partial charge in [0, 0.05) is 21.5 Å². The van der Waals surface area contributed by atoms with E-state index in [1.54, 1.807) is 18.2 Å². The Morgan fingerprint density at radius 3 is 2.79 bits per heavy atom. The standard InChI is InChI=1S/C23H23ClN2O2S/c1-14-6-2-5-9-18(14)25-22(27)16-10-11-20-19(12-16)26-23(28)21(29-20)13-15-7-3-4-8-17(15)24/h3-4,7-8,10-14,18H,2,5-6,9H2,1H3,(H,25,27)(H,26,28)/b21-13+/t14-,18+/m1/s1. The van der Waals surface area contributed by atoms with Gasteiger partial charge in [-0.1, -0.05) is 61.3 Å². The van der Waals surface area contributed by atoms with Crippen molar-refractivity contribution < 1.29 is 9.59 Å². The van der Waals surface area contributed by atoms with Crippen molar-refractivity contribution in [1.82, 2.24) is 5.32 Å². The predicted molar refractivity (Wildman–Crippen MR) is 119 cm³/mol. The number of halogens is 1. The number of hydrogen-bond acceptors (Lipinski definition) is 3. The van der Waals surface area contributed by atoms with Crippen molar-refractivity contribution in [1.29, 1.82) is 0 Å². The van der Waals surface area contributed by atoms with Crippen molar-refractivity contribution in [3.63, 3.8) is 0 Å². The van der Waals surface area contributed by atoms with Crippen LogP contribution in [0.15, 0.2) is 52.3 Å². The van der Waals surface area contributed by atoms with E-state index in [9.17, 15) is 9.59 Å². The van der Waals surface area contributed by atoms with Crippen molar-refractivity contribution in [3.05, 3.63) is 63.5 Å². The van der Waals surface area contributed by atoms with Gasteiger partial charge in [-0.2, -0.15) is 0 Å². The molecule has 29 heavy (non-hydrogen) atoms. The first-order valence-electron chi connectivity index (χ1n) is 9.91. The third-order valence-electron chi connectivity index (χ3n) is 5.55. The molecule has 2 aliphatic rings. The Kier molecular flexibility index (Phi) is 5.97. The van der Waals surface area contributed by atoms with Gasteiger partial charge in [0.2, 0.25) is 0 Å². The fourth-order valence-corrected chi connectivity index (χ4v) is 4.93. The summed E-state index contributed by atoms with van der Waals surface area (Å²) in [4.78, 5) is 26.8. The molecule has 1 aliphatic heterocycles. The summed E-state index contributed by atoms with van der Waals surface area (Å²) in [5, 5.41) is 6.67. The minimum Gasteiger partial charge on any atom is -0.349 e. The van der Waals surface area contributed by atoms with Crippen LogP contribution in [-0.2, 0) is 4.79 Å². The van der Waals surface area contributed by atoms with Gasteiger partial charge in [0.05, 0.1) is 10.6 Å². The van der Waals surface area contributed by atoms with Crippen LogP contribution in [0.25, 0.3) is 6.08 Å². The number of amides is 2. The summed E-state index contributed by atoms with van der Waals surface area (Å²) in [6.07, 6.45) is 6.37. The number of fused-ring (bicyclic) bond motifs is 1. The van der Waals surface area contributed by atoms with Crippen LogP contribution in [0, 0.1) is 5.92 Å². The van der Waals surface area contributed by atoms with Crippen molar-refractivity contribution in [2.75, 3.05) is 5.32 Å². The summed E-state index contributed by atoms with van der Waals surface area (Å²) in [5.41, 5.74) is 2.04. The Morgan fingerprint density at radius 2 is 2.00 bits per heavy atom. The van der Waals surface area contributed by atoms with Gasteiger partial charge in [-0.15, -0.1) is 0 Å². The smallest absolute Gasteiger partial charge is 0.262 e. The molecule has 6 heteroatoms. The zero-order chi connectivity index (χ0) is 20.4. The van der Waals surface area contributed by atoms with E-state index in [-0.39, 0.29) is 17.9 Å². The number of anilines is 1. The first-order valence-corrected chi connectivity index (χ1v) is 11.1. The Labute approximate surface area is 180 Å². The Hall–Kier alpha value is -2.24. The molecule has 1 aliphatic carbocycles. The SMILES string of the molecule is C[C@@H]1CCCC[C@@H]1NC(=O)c1ccc2c(c1)NC(=O)/C(=C\c1ccccc1Cl)S2. The predicted octanol–water partition coefficient (Wildman–Crippen LogP) is 5.73. The summed E-state index contributed by atoms with van der Waals surface area (Å²) < 4.78 is 0. The number of rotatable bonds is 3. The number of benzene rings is 2. The quantitative estimate of drug-likeness (QED) is 0.616. The van der Waals surface area contributed by atoms with Crippen LogP contribution >= 0.6 is 23.4 Å². The Morgan fingerprint density at radius 1 is 1.21 bits per heavy atom.